The number of aryl methyl sites for hydroxylation is 1. The molecule has 0 aliphatic heterocycles. The zero-order valence-corrected chi connectivity index (χ0v) is 23.8. The van der Waals surface area contributed by atoms with Crippen molar-refractivity contribution in [2.24, 2.45) is 0 Å². The van der Waals surface area contributed by atoms with Gasteiger partial charge in [0.15, 0.2) is 0 Å². The monoisotopic (exact) mass is 545 g/mol. The first-order valence-corrected chi connectivity index (χ1v) is 14.9. The molecule has 0 bridgehead atoms. The van der Waals surface area contributed by atoms with Crippen molar-refractivity contribution < 1.29 is 0 Å². The number of benzene rings is 7. The molecule has 0 amide bonds. The van der Waals surface area contributed by atoms with Crippen LogP contribution in [0.5, 0.6) is 0 Å². The highest BCUT2D eigenvalue weighted by atomic mass is 14.7. The van der Waals surface area contributed by atoms with E-state index in [0.717, 1.165) is 11.2 Å². The molecule has 1 heterocycles. The molecule has 0 saturated heterocycles. The van der Waals surface area contributed by atoms with Gasteiger partial charge in [0.1, 0.15) is 0 Å². The normalized spacial score (nSPS) is 11.8. The topological polar surface area (TPSA) is 12.9 Å². The average molecular weight is 546 g/mol. The summed E-state index contributed by atoms with van der Waals surface area (Å²) in [6, 6.07) is 53.2. The molecule has 1 heteroatoms. The number of hydrogen-bond acceptors (Lipinski definition) is 1. The number of fused-ring (bicyclic) bond motifs is 5. The molecule has 1 aliphatic rings. The number of hydrogen-bond donors (Lipinski definition) is 0. The van der Waals surface area contributed by atoms with E-state index in [-0.39, 0.29) is 0 Å². The minimum atomic E-state index is 1.04. The van der Waals surface area contributed by atoms with E-state index in [1.54, 1.807) is 0 Å². The van der Waals surface area contributed by atoms with Gasteiger partial charge in [-0.15, -0.1) is 0 Å². The molecule has 8 aromatic rings. The Bertz CT molecular complexity index is 2290. The number of aromatic nitrogens is 1. The fourth-order valence-corrected chi connectivity index (χ4v) is 7.34. The fraction of sp³-hybridized carbons (Fsp3) is 0.0238. The molecule has 0 N–H and O–H groups in total. The average Bonchev–Trinajstić information content (AvgIpc) is 3.39. The van der Waals surface area contributed by atoms with Crippen molar-refractivity contribution in [3.63, 3.8) is 0 Å². The third kappa shape index (κ3) is 3.49. The Morgan fingerprint density at radius 2 is 0.860 bits per heavy atom. The zero-order valence-electron chi connectivity index (χ0n) is 23.8. The first-order valence-electron chi connectivity index (χ1n) is 14.9. The maximum absolute atomic E-state index is 4.84. The van der Waals surface area contributed by atoms with Gasteiger partial charge in [-0.05, 0) is 96.2 Å². The van der Waals surface area contributed by atoms with Gasteiger partial charge in [-0.3, -0.25) is 4.98 Å². The van der Waals surface area contributed by atoms with Crippen LogP contribution in [0, 0.1) is 6.92 Å². The molecule has 0 spiro atoms. The van der Waals surface area contributed by atoms with Gasteiger partial charge >= 0.3 is 0 Å². The second kappa shape index (κ2) is 9.24. The third-order valence-corrected chi connectivity index (χ3v) is 9.08. The van der Waals surface area contributed by atoms with E-state index in [2.05, 4.69) is 153 Å². The van der Waals surface area contributed by atoms with Crippen molar-refractivity contribution in [3.05, 3.63) is 151 Å². The summed E-state index contributed by atoms with van der Waals surface area (Å²) in [4.78, 5) is 4.84. The molecular formula is C42H27N. The van der Waals surface area contributed by atoms with Gasteiger partial charge in [0.25, 0.3) is 0 Å². The molecule has 0 atom stereocenters. The molecular weight excluding hydrogens is 518 g/mol. The SMILES string of the molecule is Cc1ccc2c(-c3ccc4c5c(cccc35)-c3c-4c(-c4ccccc4)c4ccccc4c3-c3ccccc3)cccc2n1. The molecule has 1 aromatic heterocycles. The lowest BCUT2D eigenvalue weighted by molar-refractivity contribution is 1.26. The lowest BCUT2D eigenvalue weighted by Gasteiger charge is -2.20. The van der Waals surface area contributed by atoms with Crippen LogP contribution in [-0.4, -0.2) is 4.98 Å². The molecule has 43 heavy (non-hydrogen) atoms. The molecule has 0 saturated carbocycles. The van der Waals surface area contributed by atoms with Gasteiger partial charge in [0.05, 0.1) is 5.52 Å². The van der Waals surface area contributed by atoms with Crippen LogP contribution in [0.4, 0.5) is 0 Å². The van der Waals surface area contributed by atoms with Crippen molar-refractivity contribution in [1.29, 1.82) is 0 Å². The summed E-state index contributed by atoms with van der Waals surface area (Å²) in [7, 11) is 0. The Balaban J connectivity index is 1.45. The third-order valence-electron chi connectivity index (χ3n) is 9.08. The first kappa shape index (κ1) is 24.1. The van der Waals surface area contributed by atoms with E-state index >= 15 is 0 Å². The van der Waals surface area contributed by atoms with E-state index < -0.39 is 0 Å². The summed E-state index contributed by atoms with van der Waals surface area (Å²) in [6.45, 7) is 2.06. The Morgan fingerprint density at radius 3 is 1.53 bits per heavy atom. The summed E-state index contributed by atoms with van der Waals surface area (Å²) in [6.07, 6.45) is 0. The smallest absolute Gasteiger partial charge is 0.0711 e. The van der Waals surface area contributed by atoms with E-state index in [4.69, 9.17) is 4.98 Å². The minimum Gasteiger partial charge on any atom is -0.253 e. The predicted octanol–water partition coefficient (Wildman–Crippen LogP) is 11.5. The van der Waals surface area contributed by atoms with Crippen LogP contribution in [-0.2, 0) is 0 Å². The molecule has 1 nitrogen and oxygen atoms in total. The highest BCUT2D eigenvalue weighted by Gasteiger charge is 2.31. The molecule has 9 rings (SSSR count). The lowest BCUT2D eigenvalue weighted by atomic mass is 9.82. The first-order chi connectivity index (χ1) is 21.3. The summed E-state index contributed by atoms with van der Waals surface area (Å²) in [5.41, 5.74) is 14.9. The van der Waals surface area contributed by atoms with Crippen molar-refractivity contribution >= 4 is 32.4 Å². The molecule has 0 fully saturated rings. The Morgan fingerprint density at radius 1 is 0.349 bits per heavy atom. The zero-order chi connectivity index (χ0) is 28.5. The second-order valence-corrected chi connectivity index (χ2v) is 11.5. The molecule has 7 aromatic carbocycles. The maximum Gasteiger partial charge on any atom is 0.0711 e. The van der Waals surface area contributed by atoms with Crippen LogP contribution in [0.15, 0.2) is 146 Å². The number of rotatable bonds is 3. The summed E-state index contributed by atoms with van der Waals surface area (Å²) < 4.78 is 0. The Labute approximate surface area is 250 Å². The standard InChI is InChI=1S/C42H27N/c1-26-22-23-31-29(18-11-21-37(31)43-26)30-24-25-36-40-32(30)19-10-20-35(40)41-38(27-12-4-2-5-13-27)33-16-8-9-17-34(33)39(42(36)41)28-14-6-3-7-15-28/h2-25H,1H3. The van der Waals surface area contributed by atoms with E-state index in [1.165, 1.54) is 82.6 Å². The van der Waals surface area contributed by atoms with Crippen LogP contribution >= 0.6 is 0 Å². The van der Waals surface area contributed by atoms with E-state index in [1.807, 2.05) is 0 Å². The van der Waals surface area contributed by atoms with Crippen LogP contribution < -0.4 is 0 Å². The largest absolute Gasteiger partial charge is 0.253 e. The Hall–Kier alpha value is -5.53. The van der Waals surface area contributed by atoms with Gasteiger partial charge in [-0.25, -0.2) is 0 Å². The van der Waals surface area contributed by atoms with Crippen LogP contribution in [0.3, 0.4) is 0 Å². The quantitative estimate of drug-likeness (QED) is 0.215. The van der Waals surface area contributed by atoms with E-state index in [0.29, 0.717) is 0 Å². The molecule has 0 unspecified atom stereocenters. The van der Waals surface area contributed by atoms with Gasteiger partial charge in [-0.2, -0.15) is 0 Å². The van der Waals surface area contributed by atoms with Crippen molar-refractivity contribution in [2.75, 3.05) is 0 Å². The minimum absolute atomic E-state index is 1.04. The molecule has 200 valence electrons. The van der Waals surface area contributed by atoms with Crippen molar-refractivity contribution in [2.45, 2.75) is 6.92 Å². The lowest BCUT2D eigenvalue weighted by Crippen LogP contribution is -1.93. The highest BCUT2D eigenvalue weighted by molar-refractivity contribution is 6.29. The van der Waals surface area contributed by atoms with Crippen molar-refractivity contribution in [1.82, 2.24) is 4.98 Å². The molecule has 1 aliphatic carbocycles. The summed E-state index contributed by atoms with van der Waals surface area (Å²) in [5, 5.41) is 6.36. The van der Waals surface area contributed by atoms with Crippen LogP contribution in [0.25, 0.3) is 88.1 Å². The maximum atomic E-state index is 4.84. The fourth-order valence-electron chi connectivity index (χ4n) is 7.34. The summed E-state index contributed by atoms with van der Waals surface area (Å²) >= 11 is 0. The predicted molar refractivity (Wildman–Crippen MR) is 182 cm³/mol. The van der Waals surface area contributed by atoms with E-state index in [9.17, 15) is 0 Å². The number of pyridine rings is 1. The van der Waals surface area contributed by atoms with Crippen molar-refractivity contribution in [3.8, 4) is 55.6 Å². The van der Waals surface area contributed by atoms with Crippen LogP contribution in [0.2, 0.25) is 0 Å². The number of nitrogens with zero attached hydrogens (tertiary/aromatic N) is 1. The summed E-state index contributed by atoms with van der Waals surface area (Å²) in [5.74, 6) is 0. The second-order valence-electron chi connectivity index (χ2n) is 11.5. The molecule has 0 radical (unpaired) electrons. The van der Waals surface area contributed by atoms with Gasteiger partial charge < -0.3 is 0 Å². The highest BCUT2D eigenvalue weighted by Crippen LogP contribution is 2.58. The van der Waals surface area contributed by atoms with Gasteiger partial charge in [0.2, 0.25) is 0 Å². The van der Waals surface area contributed by atoms with Gasteiger partial charge in [0, 0.05) is 11.1 Å². The van der Waals surface area contributed by atoms with Crippen LogP contribution in [0.1, 0.15) is 5.69 Å². The van der Waals surface area contributed by atoms with Gasteiger partial charge in [-0.1, -0.05) is 133 Å². The Kier molecular flexibility index (Phi) is 5.18.